The summed E-state index contributed by atoms with van der Waals surface area (Å²) in [4.78, 5) is 11.7. The number of amides is 1. The van der Waals surface area contributed by atoms with Gasteiger partial charge in [-0.3, -0.25) is 4.79 Å². The summed E-state index contributed by atoms with van der Waals surface area (Å²) in [5, 5.41) is 5.85. The van der Waals surface area contributed by atoms with Crippen LogP contribution >= 0.6 is 0 Å². The number of halogens is 1. The van der Waals surface area contributed by atoms with E-state index < -0.39 is 0 Å². The molecule has 0 radical (unpaired) electrons. The Labute approximate surface area is 126 Å². The number of ether oxygens (including phenoxy) is 1. The van der Waals surface area contributed by atoms with E-state index in [4.69, 9.17) is 4.74 Å². The molecule has 1 atom stereocenters. The summed E-state index contributed by atoms with van der Waals surface area (Å²) in [5.41, 5.74) is 0.575. The van der Waals surface area contributed by atoms with E-state index in [2.05, 4.69) is 10.6 Å². The lowest BCUT2D eigenvalue weighted by Gasteiger charge is -2.16. The molecular formula is C16H25FN2O2. The zero-order valence-corrected chi connectivity index (χ0v) is 13.2. The maximum Gasteiger partial charge on any atom is 0.258 e. The van der Waals surface area contributed by atoms with Crippen LogP contribution in [0, 0.1) is 5.82 Å². The predicted octanol–water partition coefficient (Wildman–Crippen LogP) is 2.79. The van der Waals surface area contributed by atoms with Crippen molar-refractivity contribution in [2.75, 3.05) is 13.7 Å². The number of carbonyl (C=O) groups excluding carboxylic acids is 1. The lowest BCUT2D eigenvalue weighted by molar-refractivity contribution is -0.123. The number of hydrogen-bond donors (Lipinski definition) is 2. The summed E-state index contributed by atoms with van der Waals surface area (Å²) >= 11 is 0. The van der Waals surface area contributed by atoms with Crippen LogP contribution in [0.3, 0.4) is 0 Å². The van der Waals surface area contributed by atoms with Gasteiger partial charge in [-0.1, -0.05) is 19.9 Å². The quantitative estimate of drug-likeness (QED) is 0.775. The molecule has 0 heterocycles. The van der Waals surface area contributed by atoms with Gasteiger partial charge in [0.15, 0.2) is 6.61 Å². The van der Waals surface area contributed by atoms with E-state index in [9.17, 15) is 9.18 Å². The number of rotatable bonds is 8. The number of carbonyl (C=O) groups is 1. The summed E-state index contributed by atoms with van der Waals surface area (Å²) < 4.78 is 19.2. The first-order chi connectivity index (χ1) is 10.0. The van der Waals surface area contributed by atoms with E-state index in [1.807, 2.05) is 20.8 Å². The second kappa shape index (κ2) is 8.62. The van der Waals surface area contributed by atoms with Crippen LogP contribution in [0.5, 0.6) is 5.75 Å². The van der Waals surface area contributed by atoms with Crippen molar-refractivity contribution in [1.29, 1.82) is 0 Å². The van der Waals surface area contributed by atoms with Crippen LogP contribution < -0.4 is 15.4 Å². The molecule has 4 nitrogen and oxygen atoms in total. The van der Waals surface area contributed by atoms with Gasteiger partial charge in [0.25, 0.3) is 5.91 Å². The van der Waals surface area contributed by atoms with Gasteiger partial charge in [-0.25, -0.2) is 4.39 Å². The zero-order chi connectivity index (χ0) is 15.8. The fraction of sp³-hybridized carbons (Fsp3) is 0.562. The van der Waals surface area contributed by atoms with E-state index in [1.165, 1.54) is 6.07 Å². The molecule has 0 aliphatic heterocycles. The molecule has 0 saturated heterocycles. The first kappa shape index (κ1) is 17.4. The van der Waals surface area contributed by atoms with Gasteiger partial charge in [0.05, 0.1) is 0 Å². The average molecular weight is 296 g/mol. The second-order valence-corrected chi connectivity index (χ2v) is 5.06. The highest BCUT2D eigenvalue weighted by molar-refractivity contribution is 5.77. The van der Waals surface area contributed by atoms with Crippen LogP contribution in [-0.4, -0.2) is 25.6 Å². The minimum atomic E-state index is -0.338. The average Bonchev–Trinajstić information content (AvgIpc) is 2.49. The van der Waals surface area contributed by atoms with E-state index in [0.717, 1.165) is 12.8 Å². The topological polar surface area (TPSA) is 50.4 Å². The third kappa shape index (κ3) is 5.34. The van der Waals surface area contributed by atoms with Crippen molar-refractivity contribution in [2.24, 2.45) is 0 Å². The van der Waals surface area contributed by atoms with Gasteiger partial charge in [0.1, 0.15) is 11.6 Å². The molecule has 1 aromatic carbocycles. The van der Waals surface area contributed by atoms with Crippen molar-refractivity contribution in [2.45, 2.75) is 45.7 Å². The van der Waals surface area contributed by atoms with Crippen LogP contribution in [-0.2, 0) is 4.79 Å². The molecule has 1 rings (SSSR count). The summed E-state index contributed by atoms with van der Waals surface area (Å²) in [6.07, 6.45) is 1.76. The second-order valence-electron chi connectivity index (χ2n) is 5.06. The Morgan fingerprint density at radius 1 is 1.33 bits per heavy atom. The van der Waals surface area contributed by atoms with Crippen molar-refractivity contribution in [3.05, 3.63) is 29.6 Å². The molecule has 0 aliphatic rings. The van der Waals surface area contributed by atoms with Crippen molar-refractivity contribution >= 4 is 5.91 Å². The molecular weight excluding hydrogens is 271 g/mol. The summed E-state index contributed by atoms with van der Waals surface area (Å²) in [6, 6.07) is 4.75. The van der Waals surface area contributed by atoms with Crippen LogP contribution in [0.25, 0.3) is 0 Å². The first-order valence-corrected chi connectivity index (χ1v) is 7.40. The number of hydrogen-bond acceptors (Lipinski definition) is 3. The molecule has 1 unspecified atom stereocenters. The van der Waals surface area contributed by atoms with Crippen molar-refractivity contribution in [3.8, 4) is 5.75 Å². The molecule has 0 bridgehead atoms. The SMILES string of the molecule is CCC(CC)NC(=O)COc1ccc(C(C)NC)c(F)c1. The van der Waals surface area contributed by atoms with Crippen LogP contribution in [0.1, 0.15) is 45.2 Å². The lowest BCUT2D eigenvalue weighted by Crippen LogP contribution is -2.37. The lowest BCUT2D eigenvalue weighted by atomic mass is 10.1. The molecule has 1 amide bonds. The zero-order valence-electron chi connectivity index (χ0n) is 13.2. The third-order valence-corrected chi connectivity index (χ3v) is 3.59. The Balaban J connectivity index is 2.56. The van der Waals surface area contributed by atoms with Gasteiger partial charge in [-0.15, -0.1) is 0 Å². The maximum absolute atomic E-state index is 13.9. The van der Waals surface area contributed by atoms with Crippen LogP contribution in [0.4, 0.5) is 4.39 Å². The van der Waals surface area contributed by atoms with Gasteiger partial charge in [0.2, 0.25) is 0 Å². The Hall–Kier alpha value is -1.62. The highest BCUT2D eigenvalue weighted by Gasteiger charge is 2.12. The van der Waals surface area contributed by atoms with Crippen LogP contribution in [0.15, 0.2) is 18.2 Å². The van der Waals surface area contributed by atoms with E-state index >= 15 is 0 Å². The third-order valence-electron chi connectivity index (χ3n) is 3.59. The van der Waals surface area contributed by atoms with Gasteiger partial charge >= 0.3 is 0 Å². The Bertz CT molecular complexity index is 462. The van der Waals surface area contributed by atoms with E-state index in [0.29, 0.717) is 11.3 Å². The maximum atomic E-state index is 13.9. The molecule has 5 heteroatoms. The highest BCUT2D eigenvalue weighted by atomic mass is 19.1. The number of nitrogens with one attached hydrogen (secondary N) is 2. The standard InChI is InChI=1S/C16H25FN2O2/c1-5-12(6-2)19-16(20)10-21-13-7-8-14(11(3)18-4)15(17)9-13/h7-9,11-12,18H,5-6,10H2,1-4H3,(H,19,20). The number of benzene rings is 1. The minimum Gasteiger partial charge on any atom is -0.484 e. The van der Waals surface area contributed by atoms with E-state index in [-0.39, 0.29) is 30.4 Å². The van der Waals surface area contributed by atoms with Gasteiger partial charge < -0.3 is 15.4 Å². The largest absolute Gasteiger partial charge is 0.484 e. The monoisotopic (exact) mass is 296 g/mol. The minimum absolute atomic E-state index is 0.0720. The smallest absolute Gasteiger partial charge is 0.258 e. The van der Waals surface area contributed by atoms with E-state index in [1.54, 1.807) is 19.2 Å². The fourth-order valence-electron chi connectivity index (χ4n) is 2.02. The summed E-state index contributed by atoms with van der Waals surface area (Å²) in [5.74, 6) is -0.161. The molecule has 1 aromatic rings. The van der Waals surface area contributed by atoms with Crippen LogP contribution in [0.2, 0.25) is 0 Å². The van der Waals surface area contributed by atoms with Gasteiger partial charge in [0, 0.05) is 23.7 Å². The Kier molecular flexibility index (Phi) is 7.15. The molecule has 0 fully saturated rings. The fourth-order valence-corrected chi connectivity index (χ4v) is 2.02. The first-order valence-electron chi connectivity index (χ1n) is 7.40. The summed E-state index contributed by atoms with van der Waals surface area (Å²) in [6.45, 7) is 5.82. The molecule has 2 N–H and O–H groups in total. The molecule has 118 valence electrons. The molecule has 0 spiro atoms. The molecule has 0 aliphatic carbocycles. The van der Waals surface area contributed by atoms with Crippen molar-refractivity contribution < 1.29 is 13.9 Å². The molecule has 0 aromatic heterocycles. The molecule has 21 heavy (non-hydrogen) atoms. The summed E-state index contributed by atoms with van der Waals surface area (Å²) in [7, 11) is 1.77. The van der Waals surface area contributed by atoms with Crippen molar-refractivity contribution in [1.82, 2.24) is 10.6 Å². The van der Waals surface area contributed by atoms with Crippen molar-refractivity contribution in [3.63, 3.8) is 0 Å². The molecule has 0 saturated carbocycles. The normalized spacial score (nSPS) is 12.3. The Morgan fingerprint density at radius 2 is 2.00 bits per heavy atom. The Morgan fingerprint density at radius 3 is 2.52 bits per heavy atom. The van der Waals surface area contributed by atoms with Gasteiger partial charge in [-0.2, -0.15) is 0 Å². The highest BCUT2D eigenvalue weighted by Crippen LogP contribution is 2.21. The van der Waals surface area contributed by atoms with Gasteiger partial charge in [-0.05, 0) is 32.9 Å². The predicted molar refractivity (Wildman–Crippen MR) is 81.9 cm³/mol.